The molecule has 0 aliphatic rings. The van der Waals surface area contributed by atoms with Gasteiger partial charge < -0.3 is 19.5 Å². The van der Waals surface area contributed by atoms with Gasteiger partial charge in [-0.15, -0.1) is 12.3 Å². The lowest BCUT2D eigenvalue weighted by Crippen LogP contribution is -2.24. The lowest BCUT2D eigenvalue weighted by Gasteiger charge is -2.13. The van der Waals surface area contributed by atoms with Crippen LogP contribution in [0.3, 0.4) is 0 Å². The lowest BCUT2D eigenvalue weighted by atomic mass is 10.1. The molecule has 0 heterocycles. The van der Waals surface area contributed by atoms with Crippen molar-refractivity contribution < 1.29 is 19.0 Å². The summed E-state index contributed by atoms with van der Waals surface area (Å²) in [6.45, 7) is 0.423. The van der Waals surface area contributed by atoms with Crippen molar-refractivity contribution in [3.8, 4) is 29.6 Å². The van der Waals surface area contributed by atoms with Crippen molar-refractivity contribution >= 4 is 5.91 Å². The molecule has 0 spiro atoms. The third-order valence-electron chi connectivity index (χ3n) is 2.48. The van der Waals surface area contributed by atoms with Crippen LogP contribution in [0.2, 0.25) is 0 Å². The normalized spacial score (nSPS) is 9.37. The van der Waals surface area contributed by atoms with E-state index in [0.717, 1.165) is 0 Å². The minimum atomic E-state index is -0.241. The van der Waals surface area contributed by atoms with Crippen molar-refractivity contribution in [2.24, 2.45) is 0 Å². The van der Waals surface area contributed by atoms with E-state index in [1.54, 1.807) is 12.1 Å². The highest BCUT2D eigenvalue weighted by molar-refractivity contribution is 5.95. The molecular weight excluding hydrogens is 246 g/mol. The third-order valence-corrected chi connectivity index (χ3v) is 2.48. The van der Waals surface area contributed by atoms with Gasteiger partial charge in [-0.1, -0.05) is 0 Å². The molecule has 1 amide bonds. The minimum absolute atomic E-state index is 0.241. The van der Waals surface area contributed by atoms with Gasteiger partial charge in [0.15, 0.2) is 11.5 Å². The first kappa shape index (κ1) is 14.7. The molecule has 0 aliphatic heterocycles. The number of hydrogen-bond donors (Lipinski definition) is 1. The van der Waals surface area contributed by atoms with Crippen molar-refractivity contribution in [2.45, 2.75) is 6.42 Å². The van der Waals surface area contributed by atoms with Gasteiger partial charge in [-0.05, 0) is 12.1 Å². The number of nitrogens with one attached hydrogen (secondary N) is 1. The Hall–Kier alpha value is -2.35. The Kier molecular flexibility index (Phi) is 5.55. The molecule has 1 N–H and O–H groups in total. The van der Waals surface area contributed by atoms with Crippen LogP contribution in [0.1, 0.15) is 16.8 Å². The van der Waals surface area contributed by atoms with E-state index in [0.29, 0.717) is 35.8 Å². The predicted molar refractivity (Wildman–Crippen MR) is 71.9 cm³/mol. The molecule has 0 radical (unpaired) electrons. The van der Waals surface area contributed by atoms with Crippen LogP contribution in [0.15, 0.2) is 12.1 Å². The van der Waals surface area contributed by atoms with Gasteiger partial charge in [0, 0.05) is 18.5 Å². The quantitative estimate of drug-likeness (QED) is 0.623. The van der Waals surface area contributed by atoms with Crippen molar-refractivity contribution in [3.05, 3.63) is 17.7 Å². The van der Waals surface area contributed by atoms with Gasteiger partial charge in [-0.25, -0.2) is 0 Å². The maximum Gasteiger partial charge on any atom is 0.251 e. The number of rotatable bonds is 6. The Balaban J connectivity index is 3.02. The van der Waals surface area contributed by atoms with Crippen LogP contribution in [-0.2, 0) is 0 Å². The average molecular weight is 263 g/mol. The standard InChI is InChI=1S/C14H17NO4/c1-5-6-7-15-14(16)10-8-11(17-2)13(19-4)12(9-10)18-3/h1,8-9H,6-7H2,2-4H3,(H,15,16). The zero-order valence-corrected chi connectivity index (χ0v) is 11.3. The molecule has 0 bridgehead atoms. The Morgan fingerprint density at radius 2 is 1.79 bits per heavy atom. The number of benzene rings is 1. The summed E-state index contributed by atoms with van der Waals surface area (Å²) in [6, 6.07) is 3.18. The van der Waals surface area contributed by atoms with Crippen molar-refractivity contribution in [1.82, 2.24) is 5.32 Å². The average Bonchev–Trinajstić information content (AvgIpc) is 2.45. The second-order valence-electron chi connectivity index (χ2n) is 3.62. The predicted octanol–water partition coefficient (Wildman–Crippen LogP) is 1.47. The number of amides is 1. The molecule has 5 heteroatoms. The molecule has 0 aliphatic carbocycles. The van der Waals surface area contributed by atoms with Crippen LogP contribution < -0.4 is 19.5 Å². The Morgan fingerprint density at radius 3 is 2.21 bits per heavy atom. The molecule has 1 rings (SSSR count). The van der Waals surface area contributed by atoms with Gasteiger partial charge in [-0.3, -0.25) is 4.79 Å². The van der Waals surface area contributed by atoms with Gasteiger partial charge in [-0.2, -0.15) is 0 Å². The second kappa shape index (κ2) is 7.17. The summed E-state index contributed by atoms with van der Waals surface area (Å²) < 4.78 is 15.5. The molecule has 0 saturated heterocycles. The van der Waals surface area contributed by atoms with Crippen LogP contribution in [0.5, 0.6) is 17.2 Å². The minimum Gasteiger partial charge on any atom is -0.493 e. The maximum atomic E-state index is 11.9. The summed E-state index contributed by atoms with van der Waals surface area (Å²) in [5.74, 6) is 3.53. The summed E-state index contributed by atoms with van der Waals surface area (Å²) in [4.78, 5) is 11.9. The van der Waals surface area contributed by atoms with E-state index in [4.69, 9.17) is 20.6 Å². The fourth-order valence-electron chi connectivity index (χ4n) is 1.56. The molecule has 19 heavy (non-hydrogen) atoms. The number of carbonyl (C=O) groups excluding carboxylic acids is 1. The SMILES string of the molecule is C#CCCNC(=O)c1cc(OC)c(OC)c(OC)c1. The summed E-state index contributed by atoms with van der Waals surface area (Å²) in [5.41, 5.74) is 0.423. The van der Waals surface area contributed by atoms with E-state index >= 15 is 0 Å². The van der Waals surface area contributed by atoms with Crippen molar-refractivity contribution in [3.63, 3.8) is 0 Å². The number of hydrogen-bond acceptors (Lipinski definition) is 4. The molecule has 0 saturated carbocycles. The molecule has 0 aromatic heterocycles. The van der Waals surface area contributed by atoms with Crippen LogP contribution >= 0.6 is 0 Å². The van der Waals surface area contributed by atoms with E-state index in [1.807, 2.05) is 0 Å². The van der Waals surface area contributed by atoms with Crippen LogP contribution in [0.25, 0.3) is 0 Å². The lowest BCUT2D eigenvalue weighted by molar-refractivity contribution is 0.0953. The zero-order valence-electron chi connectivity index (χ0n) is 11.3. The van der Waals surface area contributed by atoms with Crippen molar-refractivity contribution in [2.75, 3.05) is 27.9 Å². The van der Waals surface area contributed by atoms with E-state index in [1.165, 1.54) is 21.3 Å². The fourth-order valence-corrected chi connectivity index (χ4v) is 1.56. The van der Waals surface area contributed by atoms with Gasteiger partial charge in [0.1, 0.15) is 0 Å². The molecule has 1 aromatic rings. The number of methoxy groups -OCH3 is 3. The van der Waals surface area contributed by atoms with Gasteiger partial charge >= 0.3 is 0 Å². The summed E-state index contributed by atoms with van der Waals surface area (Å²) in [6.07, 6.45) is 5.61. The third kappa shape index (κ3) is 3.55. The summed E-state index contributed by atoms with van der Waals surface area (Å²) in [5, 5.41) is 2.71. The Morgan fingerprint density at radius 1 is 1.21 bits per heavy atom. The molecule has 0 atom stereocenters. The smallest absolute Gasteiger partial charge is 0.251 e. The van der Waals surface area contributed by atoms with Crippen molar-refractivity contribution in [1.29, 1.82) is 0 Å². The van der Waals surface area contributed by atoms with Crippen LogP contribution in [0.4, 0.5) is 0 Å². The highest BCUT2D eigenvalue weighted by Crippen LogP contribution is 2.38. The number of terminal acetylenes is 1. The summed E-state index contributed by atoms with van der Waals surface area (Å²) >= 11 is 0. The maximum absolute atomic E-state index is 11.9. The van der Waals surface area contributed by atoms with E-state index in [9.17, 15) is 4.79 Å². The van der Waals surface area contributed by atoms with Crippen LogP contribution in [0, 0.1) is 12.3 Å². The first-order valence-electron chi connectivity index (χ1n) is 5.69. The number of ether oxygens (including phenoxy) is 3. The van der Waals surface area contributed by atoms with Gasteiger partial charge in [0.2, 0.25) is 5.75 Å². The molecule has 5 nitrogen and oxygen atoms in total. The molecule has 1 aromatic carbocycles. The van der Waals surface area contributed by atoms with Gasteiger partial charge in [0.05, 0.1) is 21.3 Å². The second-order valence-corrected chi connectivity index (χ2v) is 3.62. The van der Waals surface area contributed by atoms with E-state index < -0.39 is 0 Å². The van der Waals surface area contributed by atoms with Gasteiger partial charge in [0.25, 0.3) is 5.91 Å². The fraction of sp³-hybridized carbons (Fsp3) is 0.357. The molecular formula is C14H17NO4. The Bertz CT molecular complexity index is 466. The molecule has 0 fully saturated rings. The summed E-state index contributed by atoms with van der Waals surface area (Å²) in [7, 11) is 4.50. The van der Waals surface area contributed by atoms with E-state index in [2.05, 4.69) is 11.2 Å². The van der Waals surface area contributed by atoms with E-state index in [-0.39, 0.29) is 5.91 Å². The number of carbonyl (C=O) groups is 1. The monoisotopic (exact) mass is 263 g/mol. The zero-order chi connectivity index (χ0) is 14.3. The molecule has 0 unspecified atom stereocenters. The first-order chi connectivity index (χ1) is 9.17. The first-order valence-corrected chi connectivity index (χ1v) is 5.69. The highest BCUT2D eigenvalue weighted by atomic mass is 16.5. The van der Waals surface area contributed by atoms with Crippen LogP contribution in [-0.4, -0.2) is 33.8 Å². The Labute approximate surface area is 112 Å². The largest absolute Gasteiger partial charge is 0.493 e. The molecule has 102 valence electrons. The highest BCUT2D eigenvalue weighted by Gasteiger charge is 2.16. The topological polar surface area (TPSA) is 56.8 Å².